The SMILES string of the molecule is COCCN(c1cncc(CNC2CC2)n1)C1CC1. The van der Waals surface area contributed by atoms with E-state index in [1.807, 2.05) is 12.4 Å². The van der Waals surface area contributed by atoms with Gasteiger partial charge in [0, 0.05) is 38.5 Å². The third kappa shape index (κ3) is 3.64. The Morgan fingerprint density at radius 1 is 1.32 bits per heavy atom. The van der Waals surface area contributed by atoms with Crippen LogP contribution in [-0.4, -0.2) is 42.3 Å². The molecule has 5 heteroatoms. The van der Waals surface area contributed by atoms with Crippen molar-refractivity contribution in [2.45, 2.75) is 44.3 Å². The molecular formula is C14H22N4O. The molecule has 1 heterocycles. The van der Waals surface area contributed by atoms with E-state index in [0.717, 1.165) is 31.2 Å². The quantitative estimate of drug-likeness (QED) is 0.766. The van der Waals surface area contributed by atoms with Crippen LogP contribution in [0, 0.1) is 0 Å². The maximum Gasteiger partial charge on any atom is 0.147 e. The van der Waals surface area contributed by atoms with Crippen LogP contribution in [0.25, 0.3) is 0 Å². The smallest absolute Gasteiger partial charge is 0.147 e. The van der Waals surface area contributed by atoms with Crippen LogP contribution in [0.2, 0.25) is 0 Å². The van der Waals surface area contributed by atoms with Gasteiger partial charge in [0.05, 0.1) is 18.5 Å². The highest BCUT2D eigenvalue weighted by atomic mass is 16.5. The third-order valence-electron chi connectivity index (χ3n) is 3.64. The highest BCUT2D eigenvalue weighted by Gasteiger charge is 2.30. The molecule has 0 radical (unpaired) electrons. The topological polar surface area (TPSA) is 50.3 Å². The Hall–Kier alpha value is -1.20. The van der Waals surface area contributed by atoms with Crippen LogP contribution < -0.4 is 10.2 Å². The number of nitrogens with one attached hydrogen (secondary N) is 1. The molecule has 1 N–H and O–H groups in total. The van der Waals surface area contributed by atoms with E-state index in [1.54, 1.807) is 7.11 Å². The molecule has 1 aromatic heterocycles. The van der Waals surface area contributed by atoms with Crippen molar-refractivity contribution in [2.24, 2.45) is 0 Å². The zero-order chi connectivity index (χ0) is 13.1. The summed E-state index contributed by atoms with van der Waals surface area (Å²) in [5.74, 6) is 0.995. The van der Waals surface area contributed by atoms with Crippen LogP contribution in [0.5, 0.6) is 0 Å². The Labute approximate surface area is 114 Å². The second-order valence-electron chi connectivity index (χ2n) is 5.44. The molecule has 0 bridgehead atoms. The number of methoxy groups -OCH3 is 1. The molecule has 2 aliphatic rings. The Morgan fingerprint density at radius 3 is 2.84 bits per heavy atom. The fourth-order valence-corrected chi connectivity index (χ4v) is 2.21. The van der Waals surface area contributed by atoms with Gasteiger partial charge in [0.15, 0.2) is 0 Å². The van der Waals surface area contributed by atoms with Gasteiger partial charge in [-0.15, -0.1) is 0 Å². The first-order valence-corrected chi connectivity index (χ1v) is 7.16. The zero-order valence-electron chi connectivity index (χ0n) is 11.5. The molecule has 0 aliphatic heterocycles. The van der Waals surface area contributed by atoms with E-state index < -0.39 is 0 Å². The molecule has 19 heavy (non-hydrogen) atoms. The summed E-state index contributed by atoms with van der Waals surface area (Å²) in [6.07, 6.45) is 8.85. The zero-order valence-corrected chi connectivity index (χ0v) is 11.5. The predicted molar refractivity (Wildman–Crippen MR) is 74.1 cm³/mol. The third-order valence-corrected chi connectivity index (χ3v) is 3.64. The fraction of sp³-hybridized carbons (Fsp3) is 0.714. The summed E-state index contributed by atoms with van der Waals surface area (Å²) >= 11 is 0. The van der Waals surface area contributed by atoms with Gasteiger partial charge in [-0.3, -0.25) is 4.98 Å². The van der Waals surface area contributed by atoms with Gasteiger partial charge in [0.1, 0.15) is 5.82 Å². The number of ether oxygens (including phenoxy) is 1. The molecule has 2 fully saturated rings. The number of nitrogens with zero attached hydrogens (tertiary/aromatic N) is 3. The number of hydrogen-bond donors (Lipinski definition) is 1. The lowest BCUT2D eigenvalue weighted by molar-refractivity contribution is 0.204. The summed E-state index contributed by atoms with van der Waals surface area (Å²) in [4.78, 5) is 11.4. The summed E-state index contributed by atoms with van der Waals surface area (Å²) in [7, 11) is 1.74. The highest BCUT2D eigenvalue weighted by molar-refractivity contribution is 5.39. The van der Waals surface area contributed by atoms with Gasteiger partial charge in [-0.2, -0.15) is 0 Å². The summed E-state index contributed by atoms with van der Waals surface area (Å²) in [5, 5.41) is 3.48. The predicted octanol–water partition coefficient (Wildman–Crippen LogP) is 1.34. The van der Waals surface area contributed by atoms with Crippen molar-refractivity contribution in [1.82, 2.24) is 15.3 Å². The van der Waals surface area contributed by atoms with Crippen molar-refractivity contribution in [3.8, 4) is 0 Å². The second kappa shape index (κ2) is 5.84. The Morgan fingerprint density at radius 2 is 2.16 bits per heavy atom. The highest BCUT2D eigenvalue weighted by Crippen LogP contribution is 2.30. The number of anilines is 1. The summed E-state index contributed by atoms with van der Waals surface area (Å²) in [5.41, 5.74) is 1.03. The number of hydrogen-bond acceptors (Lipinski definition) is 5. The Kier molecular flexibility index (Phi) is 3.94. The van der Waals surface area contributed by atoms with Crippen molar-refractivity contribution < 1.29 is 4.74 Å². The normalized spacial score (nSPS) is 18.6. The number of aromatic nitrogens is 2. The van der Waals surface area contributed by atoms with Crippen molar-refractivity contribution in [3.63, 3.8) is 0 Å². The molecule has 3 rings (SSSR count). The van der Waals surface area contributed by atoms with Gasteiger partial charge < -0.3 is 15.0 Å². The van der Waals surface area contributed by atoms with E-state index in [1.165, 1.54) is 25.7 Å². The fourth-order valence-electron chi connectivity index (χ4n) is 2.21. The average molecular weight is 262 g/mol. The Bertz CT molecular complexity index is 418. The van der Waals surface area contributed by atoms with E-state index in [2.05, 4.69) is 15.2 Å². The van der Waals surface area contributed by atoms with Crippen molar-refractivity contribution in [3.05, 3.63) is 18.1 Å². The molecule has 0 saturated heterocycles. The lowest BCUT2D eigenvalue weighted by atomic mass is 10.4. The van der Waals surface area contributed by atoms with Gasteiger partial charge >= 0.3 is 0 Å². The molecule has 2 saturated carbocycles. The minimum atomic E-state index is 0.635. The molecule has 0 atom stereocenters. The van der Waals surface area contributed by atoms with Crippen molar-refractivity contribution >= 4 is 5.82 Å². The molecule has 104 valence electrons. The van der Waals surface area contributed by atoms with Crippen LogP contribution in [0.3, 0.4) is 0 Å². The maximum absolute atomic E-state index is 5.19. The summed E-state index contributed by atoms with van der Waals surface area (Å²) < 4.78 is 5.19. The van der Waals surface area contributed by atoms with Crippen LogP contribution in [0.1, 0.15) is 31.4 Å². The molecule has 5 nitrogen and oxygen atoms in total. The molecule has 1 aromatic rings. The van der Waals surface area contributed by atoms with Crippen LogP contribution in [0.15, 0.2) is 12.4 Å². The van der Waals surface area contributed by atoms with E-state index in [9.17, 15) is 0 Å². The van der Waals surface area contributed by atoms with E-state index >= 15 is 0 Å². The maximum atomic E-state index is 5.19. The molecule has 0 unspecified atom stereocenters. The Balaban J connectivity index is 1.64. The minimum Gasteiger partial charge on any atom is -0.383 e. The summed E-state index contributed by atoms with van der Waals surface area (Å²) in [6.45, 7) is 2.46. The monoisotopic (exact) mass is 262 g/mol. The first kappa shape index (κ1) is 12.8. The van der Waals surface area contributed by atoms with Crippen LogP contribution in [-0.2, 0) is 11.3 Å². The van der Waals surface area contributed by atoms with E-state index in [0.29, 0.717) is 12.1 Å². The molecular weight excluding hydrogens is 240 g/mol. The van der Waals surface area contributed by atoms with Crippen LogP contribution in [0.4, 0.5) is 5.82 Å². The largest absolute Gasteiger partial charge is 0.383 e. The molecule has 0 amide bonds. The molecule has 0 spiro atoms. The average Bonchev–Trinajstić information content (AvgIpc) is 3.30. The van der Waals surface area contributed by atoms with Gasteiger partial charge in [0.25, 0.3) is 0 Å². The lowest BCUT2D eigenvalue weighted by Crippen LogP contribution is -2.30. The lowest BCUT2D eigenvalue weighted by Gasteiger charge is -2.23. The van der Waals surface area contributed by atoms with E-state index in [-0.39, 0.29) is 0 Å². The molecule has 0 aromatic carbocycles. The van der Waals surface area contributed by atoms with Gasteiger partial charge in [0.2, 0.25) is 0 Å². The first-order valence-electron chi connectivity index (χ1n) is 7.16. The van der Waals surface area contributed by atoms with Crippen molar-refractivity contribution in [2.75, 3.05) is 25.2 Å². The number of rotatable bonds is 8. The standard InChI is InChI=1S/C14H22N4O/c1-19-7-6-18(13-4-5-13)14-10-15-8-12(17-14)9-16-11-2-3-11/h8,10-11,13,16H,2-7,9H2,1H3. The van der Waals surface area contributed by atoms with Gasteiger partial charge in [-0.05, 0) is 25.7 Å². The van der Waals surface area contributed by atoms with Gasteiger partial charge in [-0.25, -0.2) is 4.98 Å². The molecule has 2 aliphatic carbocycles. The summed E-state index contributed by atoms with van der Waals surface area (Å²) in [6, 6.07) is 1.34. The van der Waals surface area contributed by atoms with E-state index in [4.69, 9.17) is 9.72 Å². The van der Waals surface area contributed by atoms with Crippen molar-refractivity contribution in [1.29, 1.82) is 0 Å². The second-order valence-corrected chi connectivity index (χ2v) is 5.44. The van der Waals surface area contributed by atoms with Gasteiger partial charge in [-0.1, -0.05) is 0 Å². The first-order chi connectivity index (χ1) is 9.36. The van der Waals surface area contributed by atoms with Crippen LogP contribution >= 0.6 is 0 Å². The minimum absolute atomic E-state index is 0.635.